The zero-order valence-electron chi connectivity index (χ0n) is 12.2. The summed E-state index contributed by atoms with van der Waals surface area (Å²) in [6.07, 6.45) is 0. The molecule has 1 aromatic carbocycles. The number of aryl methyl sites for hydroxylation is 2. The van der Waals surface area contributed by atoms with Gasteiger partial charge < -0.3 is 4.52 Å². The summed E-state index contributed by atoms with van der Waals surface area (Å²) in [6, 6.07) is 10.6. The third kappa shape index (κ3) is 2.67. The van der Waals surface area contributed by atoms with Gasteiger partial charge in [0.05, 0.1) is 23.5 Å². The Morgan fingerprint density at radius 1 is 1.18 bits per heavy atom. The van der Waals surface area contributed by atoms with Crippen molar-refractivity contribution in [2.75, 3.05) is 0 Å². The minimum absolute atomic E-state index is 0.185. The van der Waals surface area contributed by atoms with Crippen molar-refractivity contribution in [2.45, 2.75) is 20.4 Å². The molecule has 2 heterocycles. The maximum atomic E-state index is 12.0. The van der Waals surface area contributed by atoms with Crippen LogP contribution in [-0.4, -0.2) is 14.9 Å². The Labute approximate surface area is 132 Å². The number of rotatable bonds is 3. The molecule has 0 spiro atoms. The molecule has 22 heavy (non-hydrogen) atoms. The maximum absolute atomic E-state index is 12.0. The molecule has 0 N–H and O–H groups in total. The summed E-state index contributed by atoms with van der Waals surface area (Å²) >= 11 is 6.15. The molecule has 5 nitrogen and oxygen atoms in total. The van der Waals surface area contributed by atoms with Gasteiger partial charge in [0.15, 0.2) is 0 Å². The summed E-state index contributed by atoms with van der Waals surface area (Å²) in [6.45, 7) is 3.98. The topological polar surface area (TPSA) is 60.9 Å². The van der Waals surface area contributed by atoms with Crippen molar-refractivity contribution >= 4 is 11.6 Å². The molecule has 0 aliphatic heterocycles. The largest absolute Gasteiger partial charge is 0.361 e. The molecule has 112 valence electrons. The van der Waals surface area contributed by atoms with E-state index < -0.39 is 0 Å². The molecular weight excluding hydrogens is 302 g/mol. The van der Waals surface area contributed by atoms with Crippen molar-refractivity contribution in [1.29, 1.82) is 0 Å². The van der Waals surface area contributed by atoms with Crippen molar-refractivity contribution in [3.8, 4) is 11.3 Å². The lowest BCUT2D eigenvalue weighted by molar-refractivity contribution is 0.393. The van der Waals surface area contributed by atoms with Gasteiger partial charge in [-0.15, -0.1) is 0 Å². The first-order chi connectivity index (χ1) is 10.6. The Balaban J connectivity index is 2.05. The second kappa shape index (κ2) is 5.77. The van der Waals surface area contributed by atoms with E-state index in [9.17, 15) is 4.79 Å². The lowest BCUT2D eigenvalue weighted by Gasteiger charge is -2.08. The van der Waals surface area contributed by atoms with Crippen LogP contribution in [0.1, 0.15) is 17.0 Å². The van der Waals surface area contributed by atoms with Crippen LogP contribution in [0.15, 0.2) is 45.7 Å². The summed E-state index contributed by atoms with van der Waals surface area (Å²) in [5, 5.41) is 8.95. The highest BCUT2D eigenvalue weighted by atomic mass is 35.5. The predicted molar refractivity (Wildman–Crippen MR) is 84.0 cm³/mol. The zero-order valence-corrected chi connectivity index (χ0v) is 13.0. The molecule has 0 fully saturated rings. The second-order valence-corrected chi connectivity index (χ2v) is 5.41. The number of nitrogens with zero attached hydrogens (tertiary/aromatic N) is 3. The van der Waals surface area contributed by atoms with Gasteiger partial charge in [-0.05, 0) is 31.5 Å². The van der Waals surface area contributed by atoms with Crippen LogP contribution in [0.2, 0.25) is 5.02 Å². The highest BCUT2D eigenvalue weighted by molar-refractivity contribution is 6.31. The fourth-order valence-corrected chi connectivity index (χ4v) is 2.53. The van der Waals surface area contributed by atoms with E-state index in [1.165, 1.54) is 10.7 Å². The third-order valence-electron chi connectivity index (χ3n) is 3.43. The number of hydrogen-bond donors (Lipinski definition) is 0. The predicted octanol–water partition coefficient (Wildman–Crippen LogP) is 3.22. The van der Waals surface area contributed by atoms with Crippen molar-refractivity contribution in [3.05, 3.63) is 68.8 Å². The fraction of sp³-hybridized carbons (Fsp3) is 0.188. The van der Waals surface area contributed by atoms with Gasteiger partial charge in [0.2, 0.25) is 0 Å². The SMILES string of the molecule is Cc1noc(C)c1-c1ccc(=O)n(Cc2ccccc2Cl)n1. The lowest BCUT2D eigenvalue weighted by atomic mass is 10.1. The molecule has 0 aliphatic rings. The molecule has 3 aromatic rings. The Kier molecular flexibility index (Phi) is 3.81. The average Bonchev–Trinajstić information content (AvgIpc) is 2.83. The van der Waals surface area contributed by atoms with E-state index in [1.54, 1.807) is 12.1 Å². The average molecular weight is 316 g/mol. The summed E-state index contributed by atoms with van der Waals surface area (Å²) in [4.78, 5) is 12.0. The first kappa shape index (κ1) is 14.5. The van der Waals surface area contributed by atoms with Gasteiger partial charge in [-0.25, -0.2) is 4.68 Å². The highest BCUT2D eigenvalue weighted by Gasteiger charge is 2.14. The van der Waals surface area contributed by atoms with E-state index in [1.807, 2.05) is 32.0 Å². The zero-order chi connectivity index (χ0) is 15.7. The standard InChI is InChI=1S/C16H14ClN3O2/c1-10-16(11(2)22-19-10)14-7-8-15(21)20(18-14)9-12-5-3-4-6-13(12)17/h3-8H,9H2,1-2H3. The van der Waals surface area contributed by atoms with Crippen LogP contribution in [0.5, 0.6) is 0 Å². The van der Waals surface area contributed by atoms with Crippen molar-refractivity contribution in [1.82, 2.24) is 14.9 Å². The monoisotopic (exact) mass is 315 g/mol. The highest BCUT2D eigenvalue weighted by Crippen LogP contribution is 2.24. The minimum Gasteiger partial charge on any atom is -0.361 e. The van der Waals surface area contributed by atoms with Crippen LogP contribution in [0.4, 0.5) is 0 Å². The van der Waals surface area contributed by atoms with Crippen LogP contribution in [-0.2, 0) is 6.54 Å². The van der Waals surface area contributed by atoms with Crippen LogP contribution < -0.4 is 5.56 Å². The van der Waals surface area contributed by atoms with E-state index in [4.69, 9.17) is 16.1 Å². The minimum atomic E-state index is -0.185. The first-order valence-electron chi connectivity index (χ1n) is 6.81. The molecule has 0 aliphatic carbocycles. The third-order valence-corrected chi connectivity index (χ3v) is 3.80. The van der Waals surface area contributed by atoms with E-state index in [0.717, 1.165) is 16.8 Å². The summed E-state index contributed by atoms with van der Waals surface area (Å²) in [7, 11) is 0. The van der Waals surface area contributed by atoms with Crippen molar-refractivity contribution < 1.29 is 4.52 Å². The van der Waals surface area contributed by atoms with Crippen LogP contribution in [0, 0.1) is 13.8 Å². The van der Waals surface area contributed by atoms with Gasteiger partial charge in [-0.1, -0.05) is 35.0 Å². The van der Waals surface area contributed by atoms with E-state index in [-0.39, 0.29) is 5.56 Å². The van der Waals surface area contributed by atoms with Gasteiger partial charge in [0.1, 0.15) is 5.76 Å². The molecule has 0 unspecified atom stereocenters. The van der Waals surface area contributed by atoms with Crippen LogP contribution >= 0.6 is 11.6 Å². The molecular formula is C16H14ClN3O2. The van der Waals surface area contributed by atoms with Gasteiger partial charge in [0.25, 0.3) is 5.56 Å². The molecule has 0 saturated heterocycles. The molecule has 0 saturated carbocycles. The molecule has 0 radical (unpaired) electrons. The van der Waals surface area contributed by atoms with Gasteiger partial charge in [-0.2, -0.15) is 5.10 Å². The van der Waals surface area contributed by atoms with Gasteiger partial charge in [-0.3, -0.25) is 4.79 Å². The molecule has 6 heteroatoms. The van der Waals surface area contributed by atoms with E-state index in [2.05, 4.69) is 10.3 Å². The summed E-state index contributed by atoms with van der Waals surface area (Å²) in [5.41, 5.74) is 2.87. The Bertz CT molecular complexity index is 864. The molecule has 3 rings (SSSR count). The van der Waals surface area contributed by atoms with E-state index in [0.29, 0.717) is 23.0 Å². The molecule has 2 aromatic heterocycles. The Hall–Kier alpha value is -2.40. The normalized spacial score (nSPS) is 10.9. The lowest BCUT2D eigenvalue weighted by Crippen LogP contribution is -2.23. The van der Waals surface area contributed by atoms with Crippen LogP contribution in [0.25, 0.3) is 11.3 Å². The summed E-state index contributed by atoms with van der Waals surface area (Å²) in [5.74, 6) is 0.674. The van der Waals surface area contributed by atoms with Gasteiger partial charge in [0, 0.05) is 11.1 Å². The van der Waals surface area contributed by atoms with Crippen molar-refractivity contribution in [2.24, 2.45) is 0 Å². The van der Waals surface area contributed by atoms with Gasteiger partial charge >= 0.3 is 0 Å². The molecule has 0 amide bonds. The molecule has 0 atom stereocenters. The quantitative estimate of drug-likeness (QED) is 0.744. The summed E-state index contributed by atoms with van der Waals surface area (Å²) < 4.78 is 6.55. The fourth-order valence-electron chi connectivity index (χ4n) is 2.33. The maximum Gasteiger partial charge on any atom is 0.267 e. The number of halogens is 1. The second-order valence-electron chi connectivity index (χ2n) is 5.01. The van der Waals surface area contributed by atoms with Crippen LogP contribution in [0.3, 0.4) is 0 Å². The first-order valence-corrected chi connectivity index (χ1v) is 7.19. The number of aromatic nitrogens is 3. The van der Waals surface area contributed by atoms with E-state index >= 15 is 0 Å². The van der Waals surface area contributed by atoms with Crippen molar-refractivity contribution in [3.63, 3.8) is 0 Å². The number of benzene rings is 1. The number of hydrogen-bond acceptors (Lipinski definition) is 4. The Morgan fingerprint density at radius 3 is 2.64 bits per heavy atom. The molecule has 0 bridgehead atoms. The Morgan fingerprint density at radius 2 is 1.95 bits per heavy atom. The smallest absolute Gasteiger partial charge is 0.267 e.